The van der Waals surface area contributed by atoms with Gasteiger partial charge in [0.15, 0.2) is 0 Å². The Hall–Kier alpha value is -1.51. The van der Waals surface area contributed by atoms with Gasteiger partial charge in [0.2, 0.25) is 0 Å². The summed E-state index contributed by atoms with van der Waals surface area (Å²) in [6, 6.07) is 5.56. The second-order valence-corrected chi connectivity index (χ2v) is 5.63. The van der Waals surface area contributed by atoms with Crippen LogP contribution in [0.15, 0.2) is 18.2 Å². The van der Waals surface area contributed by atoms with Crippen LogP contribution in [0.3, 0.4) is 0 Å². The summed E-state index contributed by atoms with van der Waals surface area (Å²) in [4.78, 5) is 13.6. The van der Waals surface area contributed by atoms with Crippen LogP contribution in [0.25, 0.3) is 0 Å². The number of hydrogen-bond acceptors (Lipinski definition) is 2. The second kappa shape index (κ2) is 4.30. The topological polar surface area (TPSA) is 40.5 Å². The van der Waals surface area contributed by atoms with Gasteiger partial charge in [0.05, 0.1) is 11.3 Å². The summed E-state index contributed by atoms with van der Waals surface area (Å²) in [5.74, 6) is 0.753. The minimum absolute atomic E-state index is 0.454. The molecule has 1 N–H and O–H groups in total. The number of carbonyl (C=O) groups is 1. The van der Waals surface area contributed by atoms with Gasteiger partial charge in [-0.1, -0.05) is 18.6 Å². The minimum atomic E-state index is -0.814. The van der Waals surface area contributed by atoms with Gasteiger partial charge in [0, 0.05) is 13.1 Å². The van der Waals surface area contributed by atoms with E-state index in [1.54, 1.807) is 6.07 Å². The molecule has 1 aromatic carbocycles. The van der Waals surface area contributed by atoms with Crippen molar-refractivity contribution in [3.8, 4) is 0 Å². The van der Waals surface area contributed by atoms with E-state index < -0.39 is 5.97 Å². The molecule has 1 heterocycles. The zero-order chi connectivity index (χ0) is 12.7. The van der Waals surface area contributed by atoms with Crippen molar-refractivity contribution in [2.24, 2.45) is 11.8 Å². The number of rotatable bonds is 2. The highest BCUT2D eigenvalue weighted by molar-refractivity contribution is 5.95. The van der Waals surface area contributed by atoms with E-state index in [0.29, 0.717) is 5.56 Å². The van der Waals surface area contributed by atoms with Crippen molar-refractivity contribution >= 4 is 11.7 Å². The van der Waals surface area contributed by atoms with Crippen LogP contribution in [-0.4, -0.2) is 24.2 Å². The molecule has 0 radical (unpaired) electrons. The van der Waals surface area contributed by atoms with Crippen LogP contribution in [0, 0.1) is 18.8 Å². The number of aromatic carboxylic acids is 1. The number of carboxylic acid groups (broad SMARTS) is 1. The maximum absolute atomic E-state index is 11.4. The van der Waals surface area contributed by atoms with Crippen LogP contribution in [0.1, 0.15) is 35.2 Å². The molecule has 2 unspecified atom stereocenters. The summed E-state index contributed by atoms with van der Waals surface area (Å²) in [5, 5.41) is 9.33. The van der Waals surface area contributed by atoms with Gasteiger partial charge >= 0.3 is 5.97 Å². The number of para-hydroxylation sites is 1. The molecule has 3 heteroatoms. The second-order valence-electron chi connectivity index (χ2n) is 5.63. The van der Waals surface area contributed by atoms with Crippen LogP contribution in [0.2, 0.25) is 0 Å². The Labute approximate surface area is 107 Å². The summed E-state index contributed by atoms with van der Waals surface area (Å²) in [6.07, 6.45) is 3.98. The SMILES string of the molecule is Cc1cccc(C(=O)O)c1N1CC2CCCC2C1. The van der Waals surface area contributed by atoms with E-state index in [1.165, 1.54) is 19.3 Å². The monoisotopic (exact) mass is 245 g/mol. The van der Waals surface area contributed by atoms with Gasteiger partial charge in [-0.2, -0.15) is 0 Å². The fourth-order valence-electron chi connectivity index (χ4n) is 3.67. The molecule has 0 bridgehead atoms. The first-order chi connectivity index (χ1) is 8.66. The van der Waals surface area contributed by atoms with Crippen LogP contribution in [0.5, 0.6) is 0 Å². The lowest BCUT2D eigenvalue weighted by Gasteiger charge is -2.23. The summed E-state index contributed by atoms with van der Waals surface area (Å²) < 4.78 is 0. The molecule has 3 rings (SSSR count). The molecule has 1 saturated heterocycles. The molecule has 0 spiro atoms. The van der Waals surface area contributed by atoms with Crippen molar-refractivity contribution in [3.63, 3.8) is 0 Å². The lowest BCUT2D eigenvalue weighted by atomic mass is 10.0. The highest BCUT2D eigenvalue weighted by Crippen LogP contribution is 2.41. The summed E-state index contributed by atoms with van der Waals surface area (Å²) in [6.45, 7) is 4.08. The molecule has 2 atom stereocenters. The van der Waals surface area contributed by atoms with E-state index in [0.717, 1.165) is 36.2 Å². The van der Waals surface area contributed by atoms with Crippen molar-refractivity contribution < 1.29 is 9.90 Å². The van der Waals surface area contributed by atoms with Gasteiger partial charge < -0.3 is 10.0 Å². The van der Waals surface area contributed by atoms with Gasteiger partial charge in [-0.25, -0.2) is 4.79 Å². The number of nitrogens with zero attached hydrogens (tertiary/aromatic N) is 1. The number of benzene rings is 1. The molecule has 2 fully saturated rings. The molecule has 0 amide bonds. The van der Waals surface area contributed by atoms with Crippen LogP contribution in [-0.2, 0) is 0 Å². The lowest BCUT2D eigenvalue weighted by Crippen LogP contribution is -2.24. The average Bonchev–Trinajstić information content (AvgIpc) is 2.88. The van der Waals surface area contributed by atoms with Gasteiger partial charge in [0.1, 0.15) is 0 Å². The van der Waals surface area contributed by atoms with E-state index in [-0.39, 0.29) is 0 Å². The normalized spacial score (nSPS) is 26.4. The molecule has 1 aliphatic carbocycles. The molecule has 18 heavy (non-hydrogen) atoms. The third-order valence-electron chi connectivity index (χ3n) is 4.51. The van der Waals surface area contributed by atoms with Gasteiger partial charge in [-0.3, -0.25) is 0 Å². The molecular formula is C15H19NO2. The third-order valence-corrected chi connectivity index (χ3v) is 4.51. The van der Waals surface area contributed by atoms with Crippen molar-refractivity contribution in [2.45, 2.75) is 26.2 Å². The Kier molecular flexibility index (Phi) is 2.77. The molecule has 0 aromatic heterocycles. The van der Waals surface area contributed by atoms with Crippen LogP contribution in [0.4, 0.5) is 5.69 Å². The van der Waals surface area contributed by atoms with E-state index in [2.05, 4.69) is 4.90 Å². The first-order valence-electron chi connectivity index (χ1n) is 6.74. The van der Waals surface area contributed by atoms with Gasteiger partial charge in [-0.05, 0) is 43.2 Å². The first-order valence-corrected chi connectivity index (χ1v) is 6.74. The van der Waals surface area contributed by atoms with Crippen LogP contribution < -0.4 is 4.90 Å². The molecule has 1 saturated carbocycles. The van der Waals surface area contributed by atoms with Crippen molar-refractivity contribution in [3.05, 3.63) is 29.3 Å². The predicted molar refractivity (Wildman–Crippen MR) is 71.2 cm³/mol. The Morgan fingerprint density at radius 1 is 1.28 bits per heavy atom. The summed E-state index contributed by atoms with van der Waals surface area (Å²) in [7, 11) is 0. The van der Waals surface area contributed by atoms with E-state index in [4.69, 9.17) is 0 Å². The fraction of sp³-hybridized carbons (Fsp3) is 0.533. The smallest absolute Gasteiger partial charge is 0.337 e. The predicted octanol–water partition coefficient (Wildman–Crippen LogP) is 2.93. The molecule has 1 aromatic rings. The summed E-state index contributed by atoms with van der Waals surface area (Å²) >= 11 is 0. The van der Waals surface area contributed by atoms with E-state index >= 15 is 0 Å². The van der Waals surface area contributed by atoms with Gasteiger partial charge in [-0.15, -0.1) is 0 Å². The first kappa shape index (κ1) is 11.6. The van der Waals surface area contributed by atoms with E-state index in [1.807, 2.05) is 19.1 Å². The number of fused-ring (bicyclic) bond motifs is 1. The quantitative estimate of drug-likeness (QED) is 0.871. The third kappa shape index (κ3) is 1.78. The molecule has 3 nitrogen and oxygen atoms in total. The fourth-order valence-corrected chi connectivity index (χ4v) is 3.67. The Morgan fingerprint density at radius 3 is 2.56 bits per heavy atom. The molecule has 96 valence electrons. The number of hydrogen-bond donors (Lipinski definition) is 1. The maximum Gasteiger partial charge on any atom is 0.337 e. The Bertz CT molecular complexity index is 471. The Balaban J connectivity index is 1.95. The zero-order valence-corrected chi connectivity index (χ0v) is 10.7. The highest BCUT2D eigenvalue weighted by Gasteiger charge is 2.37. The van der Waals surface area contributed by atoms with Gasteiger partial charge in [0.25, 0.3) is 0 Å². The van der Waals surface area contributed by atoms with Crippen molar-refractivity contribution in [1.82, 2.24) is 0 Å². The van der Waals surface area contributed by atoms with Crippen molar-refractivity contribution in [1.29, 1.82) is 0 Å². The maximum atomic E-state index is 11.4. The summed E-state index contributed by atoms with van der Waals surface area (Å²) in [5.41, 5.74) is 2.48. The van der Waals surface area contributed by atoms with Crippen LogP contribution >= 0.6 is 0 Å². The number of anilines is 1. The van der Waals surface area contributed by atoms with E-state index in [9.17, 15) is 9.90 Å². The Morgan fingerprint density at radius 2 is 1.94 bits per heavy atom. The molecule has 2 aliphatic rings. The standard InChI is InChI=1S/C15H19NO2/c1-10-4-2-7-13(15(17)18)14(10)16-8-11-5-3-6-12(11)9-16/h2,4,7,11-12H,3,5-6,8-9H2,1H3,(H,17,18). The molecular weight excluding hydrogens is 226 g/mol. The zero-order valence-electron chi connectivity index (χ0n) is 10.7. The lowest BCUT2D eigenvalue weighted by molar-refractivity contribution is 0.0697. The average molecular weight is 245 g/mol. The number of carboxylic acids is 1. The van der Waals surface area contributed by atoms with Crippen molar-refractivity contribution in [2.75, 3.05) is 18.0 Å². The minimum Gasteiger partial charge on any atom is -0.478 e. The largest absolute Gasteiger partial charge is 0.478 e. The molecule has 1 aliphatic heterocycles. The number of aryl methyl sites for hydroxylation is 1. The highest BCUT2D eigenvalue weighted by atomic mass is 16.4.